The Hall–Kier alpha value is -7.68. The number of fused-ring (bicyclic) bond motifs is 6. The van der Waals surface area contributed by atoms with Crippen molar-refractivity contribution in [3.63, 3.8) is 0 Å². The van der Waals surface area contributed by atoms with Crippen molar-refractivity contribution in [2.24, 2.45) is 0 Å². The first kappa shape index (κ1) is 33.6. The van der Waals surface area contributed by atoms with Gasteiger partial charge in [-0.2, -0.15) is 0 Å². The van der Waals surface area contributed by atoms with E-state index in [1.807, 2.05) is 0 Å². The molecule has 0 unspecified atom stereocenters. The van der Waals surface area contributed by atoms with Crippen LogP contribution in [0.2, 0.25) is 0 Å². The van der Waals surface area contributed by atoms with E-state index >= 15 is 0 Å². The lowest BCUT2D eigenvalue weighted by molar-refractivity contribution is 1.19. The average Bonchev–Trinajstić information content (AvgIpc) is 3.65. The average molecular weight is 739 g/mol. The zero-order chi connectivity index (χ0) is 38.4. The van der Waals surface area contributed by atoms with Gasteiger partial charge in [0, 0.05) is 38.9 Å². The molecule has 2 nitrogen and oxygen atoms in total. The first-order chi connectivity index (χ1) is 28.8. The van der Waals surface area contributed by atoms with E-state index in [9.17, 15) is 0 Å². The van der Waals surface area contributed by atoms with Crippen LogP contribution in [-0.4, -0.2) is 4.57 Å². The van der Waals surface area contributed by atoms with Crippen molar-refractivity contribution >= 4 is 60.4 Å². The van der Waals surface area contributed by atoms with Crippen molar-refractivity contribution in [3.05, 3.63) is 231 Å². The van der Waals surface area contributed by atoms with Gasteiger partial charge < -0.3 is 9.47 Å². The van der Waals surface area contributed by atoms with Crippen LogP contribution in [0.4, 0.5) is 17.1 Å². The van der Waals surface area contributed by atoms with Crippen LogP contribution in [0.3, 0.4) is 0 Å². The van der Waals surface area contributed by atoms with Gasteiger partial charge in [0.25, 0.3) is 0 Å². The largest absolute Gasteiger partial charge is 0.310 e. The van der Waals surface area contributed by atoms with Crippen LogP contribution in [0, 0.1) is 0 Å². The SMILES string of the molecule is c1ccc(-c2ccc(N(c3ccc(-c4ccc5ccccc5c4)cc3)c3cccc(-c4cc5ccccc5c5c4c4ccccc4n5-c4ccccc4)c3)cc2)cc1. The van der Waals surface area contributed by atoms with Crippen molar-refractivity contribution in [3.8, 4) is 39.1 Å². The maximum absolute atomic E-state index is 2.44. The van der Waals surface area contributed by atoms with Crippen LogP contribution in [-0.2, 0) is 0 Å². The Morgan fingerprint density at radius 1 is 0.310 bits per heavy atom. The minimum atomic E-state index is 1.09. The van der Waals surface area contributed by atoms with E-state index in [4.69, 9.17) is 0 Å². The molecular weight excluding hydrogens is 701 g/mol. The number of benzene rings is 10. The zero-order valence-electron chi connectivity index (χ0n) is 31.8. The first-order valence-corrected chi connectivity index (χ1v) is 19.9. The molecule has 1 heterocycles. The quantitative estimate of drug-likeness (QED) is 0.158. The summed E-state index contributed by atoms with van der Waals surface area (Å²) in [4.78, 5) is 2.38. The second-order valence-corrected chi connectivity index (χ2v) is 15.0. The fraction of sp³-hybridized carbons (Fsp3) is 0. The van der Waals surface area contributed by atoms with Gasteiger partial charge in [-0.3, -0.25) is 0 Å². The van der Waals surface area contributed by atoms with Gasteiger partial charge >= 0.3 is 0 Å². The molecule has 1 aromatic heterocycles. The Morgan fingerprint density at radius 3 is 1.60 bits per heavy atom. The summed E-state index contributed by atoms with van der Waals surface area (Å²) in [6, 6.07) is 83.7. The van der Waals surface area contributed by atoms with Gasteiger partial charge in [-0.25, -0.2) is 0 Å². The third-order valence-electron chi connectivity index (χ3n) is 11.5. The third kappa shape index (κ3) is 5.82. The fourth-order valence-electron chi connectivity index (χ4n) is 8.77. The molecule has 11 rings (SSSR count). The van der Waals surface area contributed by atoms with E-state index in [2.05, 4.69) is 240 Å². The summed E-state index contributed by atoms with van der Waals surface area (Å²) in [7, 11) is 0. The molecule has 10 aromatic carbocycles. The zero-order valence-corrected chi connectivity index (χ0v) is 31.8. The smallest absolute Gasteiger partial charge is 0.0625 e. The minimum absolute atomic E-state index is 1.09. The van der Waals surface area contributed by atoms with Gasteiger partial charge in [0.2, 0.25) is 0 Å². The van der Waals surface area contributed by atoms with Gasteiger partial charge in [-0.15, -0.1) is 0 Å². The highest BCUT2D eigenvalue weighted by atomic mass is 15.1. The maximum atomic E-state index is 2.44. The molecule has 0 saturated carbocycles. The first-order valence-electron chi connectivity index (χ1n) is 19.9. The standard InChI is InChI=1S/C56H38N2/c1-3-14-39(15-4-1)41-28-32-48(33-29-41)57(49-34-30-42(31-35-49)44-27-26-40-16-7-8-17-43(40)36-44)50-22-13-19-45(37-50)53-38-46-18-9-10-23-51(46)56-55(53)52-24-11-12-25-54(52)58(56)47-20-5-2-6-21-47/h1-38H. The van der Waals surface area contributed by atoms with Gasteiger partial charge in [-0.1, -0.05) is 164 Å². The second kappa shape index (κ2) is 14.1. The van der Waals surface area contributed by atoms with Gasteiger partial charge in [-0.05, 0) is 116 Å². The molecular formula is C56H38N2. The van der Waals surface area contributed by atoms with Crippen molar-refractivity contribution in [1.82, 2.24) is 4.57 Å². The molecule has 0 aliphatic rings. The van der Waals surface area contributed by atoms with Gasteiger partial charge in [0.05, 0.1) is 11.0 Å². The van der Waals surface area contributed by atoms with Crippen molar-refractivity contribution < 1.29 is 0 Å². The summed E-state index contributed by atoms with van der Waals surface area (Å²) in [6.45, 7) is 0. The van der Waals surface area contributed by atoms with Crippen LogP contribution in [0.5, 0.6) is 0 Å². The Labute approximate surface area is 338 Å². The number of aromatic nitrogens is 1. The lowest BCUT2D eigenvalue weighted by atomic mass is 9.94. The third-order valence-corrected chi connectivity index (χ3v) is 11.5. The molecule has 58 heavy (non-hydrogen) atoms. The normalized spacial score (nSPS) is 11.4. The Morgan fingerprint density at radius 2 is 0.862 bits per heavy atom. The topological polar surface area (TPSA) is 8.17 Å². The highest BCUT2D eigenvalue weighted by Gasteiger charge is 2.21. The molecule has 0 saturated heterocycles. The summed E-state index contributed by atoms with van der Waals surface area (Å²) in [5.41, 5.74) is 14.0. The highest BCUT2D eigenvalue weighted by Crippen LogP contribution is 2.45. The van der Waals surface area contributed by atoms with Crippen LogP contribution in [0.15, 0.2) is 231 Å². The van der Waals surface area contributed by atoms with Crippen molar-refractivity contribution in [1.29, 1.82) is 0 Å². The summed E-state index contributed by atoms with van der Waals surface area (Å²) in [5, 5.41) is 7.45. The molecule has 0 atom stereocenters. The molecule has 0 N–H and O–H groups in total. The molecule has 272 valence electrons. The van der Waals surface area contributed by atoms with Crippen LogP contribution < -0.4 is 4.90 Å². The summed E-state index contributed by atoms with van der Waals surface area (Å²) < 4.78 is 2.44. The van der Waals surface area contributed by atoms with E-state index in [1.165, 1.54) is 76.7 Å². The minimum Gasteiger partial charge on any atom is -0.310 e. The van der Waals surface area contributed by atoms with E-state index in [0.29, 0.717) is 0 Å². The van der Waals surface area contributed by atoms with E-state index in [0.717, 1.165) is 22.7 Å². The number of rotatable bonds is 7. The predicted molar refractivity (Wildman–Crippen MR) is 247 cm³/mol. The number of anilines is 3. The molecule has 0 radical (unpaired) electrons. The molecule has 0 bridgehead atoms. The maximum Gasteiger partial charge on any atom is 0.0625 e. The predicted octanol–water partition coefficient (Wildman–Crippen LogP) is 15.6. The molecule has 2 heteroatoms. The monoisotopic (exact) mass is 738 g/mol. The summed E-state index contributed by atoms with van der Waals surface area (Å²) in [6.07, 6.45) is 0. The second-order valence-electron chi connectivity index (χ2n) is 15.0. The van der Waals surface area contributed by atoms with E-state index in [-0.39, 0.29) is 0 Å². The van der Waals surface area contributed by atoms with Crippen LogP contribution in [0.25, 0.3) is 82.4 Å². The number of hydrogen-bond donors (Lipinski definition) is 0. The molecule has 11 aromatic rings. The van der Waals surface area contributed by atoms with E-state index < -0.39 is 0 Å². The molecule has 0 spiro atoms. The lowest BCUT2D eigenvalue weighted by Gasteiger charge is -2.26. The van der Waals surface area contributed by atoms with Crippen LogP contribution >= 0.6 is 0 Å². The van der Waals surface area contributed by atoms with Crippen molar-refractivity contribution in [2.45, 2.75) is 0 Å². The lowest BCUT2D eigenvalue weighted by Crippen LogP contribution is -2.10. The Kier molecular flexibility index (Phi) is 8.19. The Bertz CT molecular complexity index is 3250. The number of para-hydroxylation sites is 2. The molecule has 0 aliphatic heterocycles. The van der Waals surface area contributed by atoms with E-state index in [1.54, 1.807) is 0 Å². The Balaban J connectivity index is 1.09. The molecule has 0 fully saturated rings. The fourth-order valence-corrected chi connectivity index (χ4v) is 8.77. The number of hydrogen-bond acceptors (Lipinski definition) is 1. The summed E-state index contributed by atoms with van der Waals surface area (Å²) in [5.74, 6) is 0. The van der Waals surface area contributed by atoms with Gasteiger partial charge in [0.15, 0.2) is 0 Å². The van der Waals surface area contributed by atoms with Gasteiger partial charge in [0.1, 0.15) is 0 Å². The molecule has 0 amide bonds. The molecule has 0 aliphatic carbocycles. The van der Waals surface area contributed by atoms with Crippen LogP contribution in [0.1, 0.15) is 0 Å². The number of nitrogens with zero attached hydrogens (tertiary/aromatic N) is 2. The summed E-state index contributed by atoms with van der Waals surface area (Å²) >= 11 is 0. The highest BCUT2D eigenvalue weighted by molar-refractivity contribution is 6.24. The van der Waals surface area contributed by atoms with Crippen molar-refractivity contribution in [2.75, 3.05) is 4.90 Å².